The molecule has 106 valence electrons. The molecule has 0 aromatic heterocycles. The zero-order valence-corrected chi connectivity index (χ0v) is 12.4. The Bertz CT molecular complexity index is 573. The first-order valence-electron chi connectivity index (χ1n) is 5.42. The maximum atomic E-state index is 12.0. The van der Waals surface area contributed by atoms with Gasteiger partial charge in [-0.2, -0.15) is 0 Å². The number of amides is 2. The van der Waals surface area contributed by atoms with Gasteiger partial charge in [-0.15, -0.1) is 0 Å². The summed E-state index contributed by atoms with van der Waals surface area (Å²) in [7, 11) is -4.11. The van der Waals surface area contributed by atoms with E-state index in [4.69, 9.17) is 17.3 Å². The number of anilines is 1. The molecule has 0 aliphatic heterocycles. The Hall–Kier alpha value is -1.47. The molecular formula is C11H16ClN3O3S. The van der Waals surface area contributed by atoms with Crippen LogP contribution in [0.15, 0.2) is 23.1 Å². The van der Waals surface area contributed by atoms with Crippen LogP contribution >= 0.6 is 11.6 Å². The molecule has 2 amide bonds. The minimum atomic E-state index is -4.11. The van der Waals surface area contributed by atoms with Gasteiger partial charge in [0.25, 0.3) is 10.0 Å². The summed E-state index contributed by atoms with van der Waals surface area (Å²) in [4.78, 5) is 11.3. The maximum absolute atomic E-state index is 12.0. The van der Waals surface area contributed by atoms with Crippen LogP contribution < -0.4 is 15.8 Å². The van der Waals surface area contributed by atoms with Crippen LogP contribution in [0.1, 0.15) is 20.8 Å². The highest BCUT2D eigenvalue weighted by Gasteiger charge is 2.25. The number of benzene rings is 1. The van der Waals surface area contributed by atoms with Crippen LogP contribution in [0.3, 0.4) is 0 Å². The molecule has 0 spiro atoms. The second kappa shape index (κ2) is 5.26. The van der Waals surface area contributed by atoms with Crippen molar-refractivity contribution in [2.75, 3.05) is 5.73 Å². The topological polar surface area (TPSA) is 101 Å². The number of halogens is 1. The molecule has 6 nitrogen and oxygen atoms in total. The normalized spacial score (nSPS) is 12.0. The molecule has 0 unspecified atom stereocenters. The van der Waals surface area contributed by atoms with E-state index >= 15 is 0 Å². The van der Waals surface area contributed by atoms with Crippen molar-refractivity contribution in [3.05, 3.63) is 23.2 Å². The lowest BCUT2D eigenvalue weighted by molar-refractivity contribution is 0.237. The summed E-state index contributed by atoms with van der Waals surface area (Å²) < 4.78 is 25.9. The Balaban J connectivity index is 3.03. The fraction of sp³-hybridized carbons (Fsp3) is 0.364. The smallest absolute Gasteiger partial charge is 0.329 e. The maximum Gasteiger partial charge on any atom is 0.329 e. The van der Waals surface area contributed by atoms with E-state index in [-0.39, 0.29) is 15.6 Å². The largest absolute Gasteiger partial charge is 0.398 e. The van der Waals surface area contributed by atoms with Gasteiger partial charge in [0.15, 0.2) is 0 Å². The summed E-state index contributed by atoms with van der Waals surface area (Å²) in [6.45, 7) is 5.18. The molecule has 0 atom stereocenters. The minimum absolute atomic E-state index is 0.0245. The molecule has 0 heterocycles. The van der Waals surface area contributed by atoms with Crippen molar-refractivity contribution in [1.82, 2.24) is 10.0 Å². The first kappa shape index (κ1) is 15.6. The van der Waals surface area contributed by atoms with Gasteiger partial charge in [0.1, 0.15) is 4.90 Å². The molecule has 1 aromatic rings. The van der Waals surface area contributed by atoms with Gasteiger partial charge in [0.2, 0.25) is 0 Å². The third-order valence-corrected chi connectivity index (χ3v) is 3.86. The van der Waals surface area contributed by atoms with Gasteiger partial charge in [-0.05, 0) is 32.9 Å². The average Bonchev–Trinajstić information content (AvgIpc) is 2.11. The number of carbonyl (C=O) groups is 1. The molecule has 1 rings (SSSR count). The van der Waals surface area contributed by atoms with Gasteiger partial charge in [0, 0.05) is 5.54 Å². The number of urea groups is 1. The summed E-state index contributed by atoms with van der Waals surface area (Å²) in [6.07, 6.45) is 0. The molecule has 0 fully saturated rings. The van der Waals surface area contributed by atoms with Gasteiger partial charge < -0.3 is 11.1 Å². The van der Waals surface area contributed by atoms with Crippen LogP contribution in [-0.4, -0.2) is 20.0 Å². The number of nitrogen functional groups attached to an aromatic ring is 1. The van der Waals surface area contributed by atoms with E-state index in [1.807, 2.05) is 4.72 Å². The molecule has 0 saturated carbocycles. The van der Waals surface area contributed by atoms with Gasteiger partial charge in [0.05, 0.1) is 10.7 Å². The first-order chi connectivity index (χ1) is 8.53. The molecule has 19 heavy (non-hydrogen) atoms. The Morgan fingerprint density at radius 1 is 1.32 bits per heavy atom. The first-order valence-corrected chi connectivity index (χ1v) is 7.28. The van der Waals surface area contributed by atoms with Gasteiger partial charge >= 0.3 is 6.03 Å². The van der Waals surface area contributed by atoms with Crippen molar-refractivity contribution in [2.24, 2.45) is 0 Å². The van der Waals surface area contributed by atoms with Crippen molar-refractivity contribution < 1.29 is 13.2 Å². The monoisotopic (exact) mass is 305 g/mol. The van der Waals surface area contributed by atoms with E-state index in [2.05, 4.69) is 5.32 Å². The van der Waals surface area contributed by atoms with Crippen LogP contribution in [0.2, 0.25) is 5.02 Å². The van der Waals surface area contributed by atoms with Gasteiger partial charge in [-0.1, -0.05) is 17.7 Å². The zero-order valence-electron chi connectivity index (χ0n) is 10.8. The third-order valence-electron chi connectivity index (χ3n) is 1.98. The quantitative estimate of drug-likeness (QED) is 0.724. The van der Waals surface area contributed by atoms with Crippen LogP contribution in [0, 0.1) is 0 Å². The molecule has 0 aliphatic carbocycles. The number of rotatable bonds is 2. The van der Waals surface area contributed by atoms with Crippen molar-refractivity contribution in [3.8, 4) is 0 Å². The van der Waals surface area contributed by atoms with E-state index in [1.54, 1.807) is 20.8 Å². The van der Waals surface area contributed by atoms with Crippen LogP contribution in [0.5, 0.6) is 0 Å². The summed E-state index contributed by atoms with van der Waals surface area (Å²) in [6, 6.07) is 3.45. The van der Waals surface area contributed by atoms with E-state index < -0.39 is 21.6 Å². The van der Waals surface area contributed by atoms with Crippen LogP contribution in [-0.2, 0) is 10.0 Å². The Morgan fingerprint density at radius 2 is 1.89 bits per heavy atom. The van der Waals surface area contributed by atoms with Crippen molar-refractivity contribution >= 4 is 33.3 Å². The molecule has 4 N–H and O–H groups in total. The van der Waals surface area contributed by atoms with Gasteiger partial charge in [-0.25, -0.2) is 17.9 Å². The Labute approximate surface area is 117 Å². The average molecular weight is 306 g/mol. The predicted molar refractivity (Wildman–Crippen MR) is 74.5 cm³/mol. The fourth-order valence-corrected chi connectivity index (χ4v) is 2.94. The predicted octanol–water partition coefficient (Wildman–Crippen LogP) is 1.71. The highest BCUT2D eigenvalue weighted by Crippen LogP contribution is 2.26. The number of carbonyl (C=O) groups excluding carboxylic acids is 1. The second-order valence-electron chi connectivity index (χ2n) is 4.97. The summed E-state index contributed by atoms with van der Waals surface area (Å²) in [5, 5.41) is 2.43. The van der Waals surface area contributed by atoms with Gasteiger partial charge in [-0.3, -0.25) is 0 Å². The minimum Gasteiger partial charge on any atom is -0.398 e. The molecule has 0 aliphatic rings. The van der Waals surface area contributed by atoms with E-state index in [9.17, 15) is 13.2 Å². The summed E-state index contributed by atoms with van der Waals surface area (Å²) >= 11 is 5.80. The lowest BCUT2D eigenvalue weighted by Crippen LogP contribution is -2.48. The fourth-order valence-electron chi connectivity index (χ4n) is 1.35. The van der Waals surface area contributed by atoms with E-state index in [0.29, 0.717) is 0 Å². The third kappa shape index (κ3) is 4.29. The molecule has 0 radical (unpaired) electrons. The Morgan fingerprint density at radius 3 is 2.37 bits per heavy atom. The highest BCUT2D eigenvalue weighted by atomic mass is 35.5. The van der Waals surface area contributed by atoms with E-state index in [0.717, 1.165) is 0 Å². The molecule has 0 bridgehead atoms. The molecule has 8 heteroatoms. The number of nitrogens with one attached hydrogen (secondary N) is 2. The van der Waals surface area contributed by atoms with Crippen LogP contribution in [0.25, 0.3) is 0 Å². The van der Waals surface area contributed by atoms with Crippen molar-refractivity contribution in [2.45, 2.75) is 31.2 Å². The zero-order chi connectivity index (χ0) is 14.8. The number of hydrogen-bond donors (Lipinski definition) is 3. The second-order valence-corrected chi connectivity index (χ2v) is 6.99. The lowest BCUT2D eigenvalue weighted by atomic mass is 10.1. The Kier molecular flexibility index (Phi) is 4.32. The van der Waals surface area contributed by atoms with E-state index in [1.165, 1.54) is 18.2 Å². The molecule has 1 aromatic carbocycles. The standard InChI is InChI=1S/C11H16ClN3O3S/c1-11(2,3)14-10(16)15-19(17,18)9-7(12)5-4-6-8(9)13/h4-6H,13H2,1-3H3,(H2,14,15,16). The summed E-state index contributed by atoms with van der Waals surface area (Å²) in [5.74, 6) is 0. The molecule has 0 saturated heterocycles. The molecular weight excluding hydrogens is 290 g/mol. The summed E-state index contributed by atoms with van der Waals surface area (Å²) in [5.41, 5.74) is 4.99. The SMILES string of the molecule is CC(C)(C)NC(=O)NS(=O)(=O)c1c(N)cccc1Cl. The van der Waals surface area contributed by atoms with Crippen molar-refractivity contribution in [3.63, 3.8) is 0 Å². The number of hydrogen-bond acceptors (Lipinski definition) is 4. The van der Waals surface area contributed by atoms with Crippen LogP contribution in [0.4, 0.5) is 10.5 Å². The number of sulfonamides is 1. The lowest BCUT2D eigenvalue weighted by Gasteiger charge is -2.21. The number of nitrogens with two attached hydrogens (primary N) is 1. The highest BCUT2D eigenvalue weighted by molar-refractivity contribution is 7.90. The van der Waals surface area contributed by atoms with Crippen molar-refractivity contribution in [1.29, 1.82) is 0 Å².